The lowest BCUT2D eigenvalue weighted by Gasteiger charge is -2.13. The first kappa shape index (κ1) is 15.4. The van der Waals surface area contributed by atoms with E-state index >= 15 is 0 Å². The largest absolute Gasteiger partial charge is 0.464 e. The van der Waals surface area contributed by atoms with Crippen LogP contribution in [0, 0.1) is 0 Å². The SMILES string of the molecule is Cn1nc(CNS(=O)(=O)c2ccc3occc3c2)c2c1CCOC2. The number of rotatable bonds is 4. The van der Waals surface area contributed by atoms with E-state index in [4.69, 9.17) is 9.15 Å². The number of hydrogen-bond acceptors (Lipinski definition) is 5. The van der Waals surface area contributed by atoms with Crippen LogP contribution < -0.4 is 4.72 Å². The molecule has 0 saturated carbocycles. The third kappa shape index (κ3) is 2.62. The van der Waals surface area contributed by atoms with E-state index in [1.807, 2.05) is 7.05 Å². The number of sulfonamides is 1. The fourth-order valence-electron chi connectivity index (χ4n) is 2.99. The van der Waals surface area contributed by atoms with Gasteiger partial charge in [-0.05, 0) is 24.3 Å². The van der Waals surface area contributed by atoms with E-state index in [1.165, 1.54) is 12.3 Å². The van der Waals surface area contributed by atoms with Gasteiger partial charge < -0.3 is 9.15 Å². The van der Waals surface area contributed by atoms with Crippen molar-refractivity contribution in [2.45, 2.75) is 24.5 Å². The van der Waals surface area contributed by atoms with Crippen LogP contribution in [0.3, 0.4) is 0 Å². The van der Waals surface area contributed by atoms with Crippen LogP contribution in [0.5, 0.6) is 0 Å². The van der Waals surface area contributed by atoms with E-state index in [1.54, 1.807) is 22.9 Å². The molecule has 0 amide bonds. The highest BCUT2D eigenvalue weighted by Gasteiger charge is 2.22. The van der Waals surface area contributed by atoms with E-state index in [0.29, 0.717) is 24.5 Å². The van der Waals surface area contributed by atoms with Gasteiger partial charge >= 0.3 is 0 Å². The molecule has 1 aromatic carbocycles. The van der Waals surface area contributed by atoms with Gasteiger partial charge in [-0.2, -0.15) is 5.10 Å². The van der Waals surface area contributed by atoms with Gasteiger partial charge in [0, 0.05) is 30.1 Å². The van der Waals surface area contributed by atoms with E-state index in [2.05, 4.69) is 9.82 Å². The van der Waals surface area contributed by atoms with Gasteiger partial charge in [-0.15, -0.1) is 0 Å². The van der Waals surface area contributed by atoms with Crippen LogP contribution in [-0.2, 0) is 41.4 Å². The summed E-state index contributed by atoms with van der Waals surface area (Å²) in [6.45, 7) is 1.28. The Balaban J connectivity index is 1.58. The maximum absolute atomic E-state index is 12.5. The molecule has 1 N–H and O–H groups in total. The predicted molar refractivity (Wildman–Crippen MR) is 86.8 cm³/mol. The molecule has 1 aliphatic heterocycles. The number of ether oxygens (including phenoxy) is 1. The molecule has 0 unspecified atom stereocenters. The average Bonchev–Trinajstić information content (AvgIpc) is 3.17. The molecule has 8 heteroatoms. The summed E-state index contributed by atoms with van der Waals surface area (Å²) in [5, 5.41) is 5.18. The Hall–Kier alpha value is -2.16. The molecular formula is C16H17N3O4S. The zero-order valence-corrected chi connectivity index (χ0v) is 14.0. The Bertz CT molecular complexity index is 1000. The molecule has 0 bridgehead atoms. The molecule has 1 aliphatic rings. The zero-order valence-electron chi connectivity index (χ0n) is 13.2. The second-order valence-electron chi connectivity index (χ2n) is 5.74. The average molecular weight is 347 g/mol. The van der Waals surface area contributed by atoms with E-state index in [-0.39, 0.29) is 11.4 Å². The zero-order chi connectivity index (χ0) is 16.7. The van der Waals surface area contributed by atoms with Crippen LogP contribution in [0.15, 0.2) is 39.8 Å². The molecule has 0 fully saturated rings. The smallest absolute Gasteiger partial charge is 0.240 e. The first-order valence-electron chi connectivity index (χ1n) is 7.63. The van der Waals surface area contributed by atoms with Crippen molar-refractivity contribution in [3.05, 3.63) is 47.5 Å². The van der Waals surface area contributed by atoms with Crippen molar-refractivity contribution in [3.8, 4) is 0 Å². The lowest BCUT2D eigenvalue weighted by molar-refractivity contribution is 0.108. The molecule has 0 atom stereocenters. The van der Waals surface area contributed by atoms with Crippen LogP contribution in [0.1, 0.15) is 17.0 Å². The van der Waals surface area contributed by atoms with Crippen molar-refractivity contribution in [1.29, 1.82) is 0 Å². The minimum atomic E-state index is -3.63. The van der Waals surface area contributed by atoms with Gasteiger partial charge in [0.25, 0.3) is 0 Å². The van der Waals surface area contributed by atoms with Gasteiger partial charge in [-0.25, -0.2) is 13.1 Å². The summed E-state index contributed by atoms with van der Waals surface area (Å²) in [4.78, 5) is 0.206. The second-order valence-corrected chi connectivity index (χ2v) is 7.51. The monoisotopic (exact) mass is 347 g/mol. The van der Waals surface area contributed by atoms with Crippen molar-refractivity contribution in [2.24, 2.45) is 7.05 Å². The standard InChI is InChI=1S/C16H17N3O4S/c1-19-15-5-6-22-10-13(15)14(18-19)9-17-24(20,21)12-2-3-16-11(8-12)4-7-23-16/h2-4,7-8,17H,5-6,9-10H2,1H3. The minimum absolute atomic E-state index is 0.137. The first-order chi connectivity index (χ1) is 11.5. The maximum Gasteiger partial charge on any atom is 0.240 e. The Labute approximate surface area is 139 Å². The van der Waals surface area contributed by atoms with Crippen LogP contribution in [0.4, 0.5) is 0 Å². The maximum atomic E-state index is 12.5. The minimum Gasteiger partial charge on any atom is -0.464 e. The fraction of sp³-hybridized carbons (Fsp3) is 0.312. The Kier molecular flexibility index (Phi) is 3.67. The van der Waals surface area contributed by atoms with Gasteiger partial charge in [0.05, 0.1) is 36.6 Å². The van der Waals surface area contributed by atoms with Gasteiger partial charge in [-0.1, -0.05) is 0 Å². The number of aromatic nitrogens is 2. The van der Waals surface area contributed by atoms with Crippen molar-refractivity contribution < 1.29 is 17.6 Å². The summed E-state index contributed by atoms with van der Waals surface area (Å²) in [7, 11) is -1.76. The lowest BCUT2D eigenvalue weighted by atomic mass is 10.1. The molecule has 3 heterocycles. The van der Waals surface area contributed by atoms with Gasteiger partial charge in [-0.3, -0.25) is 4.68 Å². The number of nitrogens with one attached hydrogen (secondary N) is 1. The van der Waals surface area contributed by atoms with E-state index in [0.717, 1.165) is 23.1 Å². The Morgan fingerprint density at radius 1 is 1.33 bits per heavy atom. The summed E-state index contributed by atoms with van der Waals surface area (Å²) in [6.07, 6.45) is 2.33. The summed E-state index contributed by atoms with van der Waals surface area (Å²) >= 11 is 0. The van der Waals surface area contributed by atoms with Crippen molar-refractivity contribution >= 4 is 21.0 Å². The Morgan fingerprint density at radius 2 is 2.21 bits per heavy atom. The second kappa shape index (κ2) is 5.73. The highest BCUT2D eigenvalue weighted by molar-refractivity contribution is 7.89. The molecule has 126 valence electrons. The number of fused-ring (bicyclic) bond motifs is 2. The number of benzene rings is 1. The van der Waals surface area contributed by atoms with Gasteiger partial charge in [0.15, 0.2) is 0 Å². The molecule has 0 saturated heterocycles. The molecule has 4 rings (SSSR count). The number of nitrogens with zero attached hydrogens (tertiary/aromatic N) is 2. The van der Waals surface area contributed by atoms with Crippen LogP contribution in [0.2, 0.25) is 0 Å². The van der Waals surface area contributed by atoms with Crippen molar-refractivity contribution in [1.82, 2.24) is 14.5 Å². The summed E-state index contributed by atoms with van der Waals surface area (Å²) in [5.41, 5.74) is 3.46. The van der Waals surface area contributed by atoms with Crippen molar-refractivity contribution in [2.75, 3.05) is 6.61 Å². The highest BCUT2D eigenvalue weighted by atomic mass is 32.2. The number of aryl methyl sites for hydroxylation is 1. The van der Waals surface area contributed by atoms with E-state index in [9.17, 15) is 8.42 Å². The fourth-order valence-corrected chi connectivity index (χ4v) is 4.01. The summed E-state index contributed by atoms with van der Waals surface area (Å²) in [5.74, 6) is 0. The summed E-state index contributed by atoms with van der Waals surface area (Å²) < 4.78 is 40.2. The van der Waals surface area contributed by atoms with Gasteiger partial charge in [0.1, 0.15) is 5.58 Å². The lowest BCUT2D eigenvalue weighted by Crippen LogP contribution is -2.24. The highest BCUT2D eigenvalue weighted by Crippen LogP contribution is 2.22. The third-order valence-corrected chi connectivity index (χ3v) is 5.65. The molecule has 7 nitrogen and oxygen atoms in total. The topological polar surface area (TPSA) is 86.4 Å². The molecule has 0 radical (unpaired) electrons. The molecule has 3 aromatic rings. The molecule has 0 aliphatic carbocycles. The Morgan fingerprint density at radius 3 is 3.08 bits per heavy atom. The normalized spacial score (nSPS) is 14.9. The van der Waals surface area contributed by atoms with Crippen molar-refractivity contribution in [3.63, 3.8) is 0 Å². The number of furan rings is 1. The third-order valence-electron chi connectivity index (χ3n) is 4.25. The van der Waals surface area contributed by atoms with E-state index < -0.39 is 10.0 Å². The van der Waals surface area contributed by atoms with Gasteiger partial charge in [0.2, 0.25) is 10.0 Å². The molecule has 0 spiro atoms. The van der Waals surface area contributed by atoms with Crippen LogP contribution >= 0.6 is 0 Å². The predicted octanol–water partition coefficient (Wildman–Crippen LogP) is 1.72. The first-order valence-corrected chi connectivity index (χ1v) is 9.11. The molecular weight excluding hydrogens is 330 g/mol. The molecule has 2 aromatic heterocycles. The van der Waals surface area contributed by atoms with Crippen LogP contribution in [-0.4, -0.2) is 24.8 Å². The quantitative estimate of drug-likeness (QED) is 0.776. The van der Waals surface area contributed by atoms with Crippen LogP contribution in [0.25, 0.3) is 11.0 Å². The molecule has 24 heavy (non-hydrogen) atoms. The summed E-state index contributed by atoms with van der Waals surface area (Å²) in [6, 6.07) is 6.52. The number of hydrogen-bond donors (Lipinski definition) is 1.